The van der Waals surface area contributed by atoms with Crippen molar-refractivity contribution in [1.29, 1.82) is 0 Å². The molecule has 0 saturated carbocycles. The van der Waals surface area contributed by atoms with Crippen molar-refractivity contribution in [3.8, 4) is 0 Å². The number of nitrogens with one attached hydrogen (secondary N) is 1. The molecular weight excluding hydrogens is 550 g/mol. The third-order valence-corrected chi connectivity index (χ3v) is 8.59. The number of aliphatic hydroxyl groups is 1. The minimum Gasteiger partial charge on any atom is -0.386 e. The number of rotatable bonds is 10. The highest BCUT2D eigenvalue weighted by Gasteiger charge is 2.46. The normalized spacial score (nSPS) is 21.6. The van der Waals surface area contributed by atoms with E-state index < -0.39 is 30.5 Å². The number of carbonyl (C=O) groups excluding carboxylic acids is 1. The summed E-state index contributed by atoms with van der Waals surface area (Å²) in [6.45, 7) is 0. The van der Waals surface area contributed by atoms with E-state index in [0.717, 1.165) is 11.1 Å². The molecule has 5 rings (SSSR count). The fourth-order valence-electron chi connectivity index (χ4n) is 4.82. The number of hydrogen-bond acceptors (Lipinski definition) is 9. The van der Waals surface area contributed by atoms with Crippen molar-refractivity contribution in [2.24, 2.45) is 5.73 Å². The van der Waals surface area contributed by atoms with Gasteiger partial charge in [0.05, 0.1) is 35.6 Å². The van der Waals surface area contributed by atoms with Gasteiger partial charge in [0.25, 0.3) is 0 Å². The number of ether oxygens (including phenoxy) is 1. The highest BCUT2D eigenvalue weighted by Crippen LogP contribution is 2.36. The van der Waals surface area contributed by atoms with Crippen LogP contribution in [0.4, 0.5) is 5.82 Å². The summed E-state index contributed by atoms with van der Waals surface area (Å²) >= 11 is 7.80. The fourth-order valence-corrected chi connectivity index (χ4v) is 6.34. The molecule has 4 N–H and O–H groups in total. The zero-order valence-corrected chi connectivity index (χ0v) is 23.7. The molecule has 1 fully saturated rings. The van der Waals surface area contributed by atoms with E-state index in [-0.39, 0.29) is 17.0 Å². The van der Waals surface area contributed by atoms with Gasteiger partial charge in [-0.2, -0.15) is 0 Å². The van der Waals surface area contributed by atoms with E-state index in [0.29, 0.717) is 22.7 Å². The van der Waals surface area contributed by atoms with Crippen LogP contribution in [0.5, 0.6) is 0 Å². The van der Waals surface area contributed by atoms with Crippen LogP contribution in [0.1, 0.15) is 22.6 Å². The van der Waals surface area contributed by atoms with Crippen LogP contribution in [0, 0.1) is 0 Å². The van der Waals surface area contributed by atoms with Gasteiger partial charge in [0.15, 0.2) is 23.2 Å². The predicted molar refractivity (Wildman–Crippen MR) is 157 cm³/mol. The first-order valence-electron chi connectivity index (χ1n) is 12.9. The zero-order chi connectivity index (χ0) is 28.2. The lowest BCUT2D eigenvalue weighted by Gasteiger charge is -2.24. The summed E-state index contributed by atoms with van der Waals surface area (Å²) in [5, 5.41) is 14.2. The van der Waals surface area contributed by atoms with Crippen LogP contribution in [-0.4, -0.2) is 80.6 Å². The first kappa shape index (κ1) is 28.3. The molecule has 5 atom stereocenters. The van der Waals surface area contributed by atoms with Gasteiger partial charge in [-0.15, -0.1) is 23.4 Å². The molecule has 0 unspecified atom stereocenters. The number of benzene rings is 2. The summed E-state index contributed by atoms with van der Waals surface area (Å²) in [6, 6.07) is 18.7. The number of nitrogens with zero attached hydrogens (tertiary/aromatic N) is 5. The lowest BCUT2D eigenvalue weighted by molar-refractivity contribution is -0.123. The maximum atomic E-state index is 13.2. The van der Waals surface area contributed by atoms with E-state index in [1.807, 2.05) is 55.4 Å². The predicted octanol–water partition coefficient (Wildman–Crippen LogP) is 2.72. The number of imidazole rings is 1. The van der Waals surface area contributed by atoms with Crippen LogP contribution < -0.4 is 16.0 Å². The number of carbonyl (C=O) groups is 1. The standard InChI is InChI=1S/C28H32ClN7O3S/c1-35(2)25-22-26(32-15-31-25)36(16-33-22)28-23(37)21(20(13-29)39-28)34-27(38)19(30)14-40-24(17-9-5-3-6-10-17)18-11-7-4-8-12-18/h3-12,15-16,19-21,23-24,28,37H,13-14,30H2,1-2H3,(H,34,38)/t19-,20+,21+,23+,28+/m0/s1. The van der Waals surface area contributed by atoms with Crippen molar-refractivity contribution in [3.05, 3.63) is 84.4 Å². The van der Waals surface area contributed by atoms with Crippen molar-refractivity contribution >= 4 is 46.3 Å². The van der Waals surface area contributed by atoms with Gasteiger partial charge in [0, 0.05) is 19.8 Å². The molecule has 10 nitrogen and oxygen atoms in total. The highest BCUT2D eigenvalue weighted by atomic mass is 35.5. The van der Waals surface area contributed by atoms with E-state index in [4.69, 9.17) is 22.1 Å². The minimum absolute atomic E-state index is 0.0187. The van der Waals surface area contributed by atoms with Gasteiger partial charge in [-0.1, -0.05) is 60.7 Å². The van der Waals surface area contributed by atoms with Crippen molar-refractivity contribution in [2.75, 3.05) is 30.6 Å². The Morgan fingerprint density at radius 3 is 2.38 bits per heavy atom. The van der Waals surface area contributed by atoms with Crippen LogP contribution in [0.2, 0.25) is 0 Å². The molecule has 1 saturated heterocycles. The topological polar surface area (TPSA) is 131 Å². The number of fused-ring (bicyclic) bond motifs is 1. The molecule has 2 aromatic heterocycles. The smallest absolute Gasteiger partial charge is 0.238 e. The van der Waals surface area contributed by atoms with Gasteiger partial charge in [-0.25, -0.2) is 15.0 Å². The second kappa shape index (κ2) is 12.5. The summed E-state index contributed by atoms with van der Waals surface area (Å²) in [5.41, 5.74) is 9.69. The molecule has 1 aliphatic heterocycles. The lowest BCUT2D eigenvalue weighted by atomic mass is 10.0. The molecule has 3 heterocycles. The third kappa shape index (κ3) is 5.79. The number of alkyl halides is 1. The fraction of sp³-hybridized carbons (Fsp3) is 0.357. The number of nitrogens with two attached hydrogens (primary N) is 1. The van der Waals surface area contributed by atoms with Gasteiger partial charge in [0.1, 0.15) is 12.4 Å². The largest absolute Gasteiger partial charge is 0.386 e. The van der Waals surface area contributed by atoms with E-state index in [1.165, 1.54) is 6.33 Å². The molecule has 1 aliphatic rings. The summed E-state index contributed by atoms with van der Waals surface area (Å²) < 4.78 is 7.73. The zero-order valence-electron chi connectivity index (χ0n) is 22.2. The third-order valence-electron chi connectivity index (χ3n) is 6.86. The monoisotopic (exact) mass is 581 g/mol. The summed E-state index contributed by atoms with van der Waals surface area (Å²) in [7, 11) is 3.72. The Hall–Kier alpha value is -3.22. The maximum Gasteiger partial charge on any atom is 0.238 e. The first-order chi connectivity index (χ1) is 19.4. The summed E-state index contributed by atoms with van der Waals surface area (Å²) in [4.78, 5) is 28.1. The maximum absolute atomic E-state index is 13.2. The van der Waals surface area contributed by atoms with Gasteiger partial charge in [0.2, 0.25) is 5.91 Å². The van der Waals surface area contributed by atoms with Gasteiger partial charge in [-0.3, -0.25) is 9.36 Å². The Bertz CT molecular complexity index is 1390. The van der Waals surface area contributed by atoms with E-state index in [9.17, 15) is 9.90 Å². The van der Waals surface area contributed by atoms with Crippen LogP contribution >= 0.6 is 23.4 Å². The van der Waals surface area contributed by atoms with Crippen molar-refractivity contribution in [1.82, 2.24) is 24.8 Å². The lowest BCUT2D eigenvalue weighted by Crippen LogP contribution is -2.53. The Kier molecular flexibility index (Phi) is 8.87. The van der Waals surface area contributed by atoms with Crippen LogP contribution in [0.15, 0.2) is 73.3 Å². The van der Waals surface area contributed by atoms with Crippen LogP contribution in [0.25, 0.3) is 11.2 Å². The molecule has 0 radical (unpaired) electrons. The number of aliphatic hydroxyl groups excluding tert-OH is 1. The first-order valence-corrected chi connectivity index (χ1v) is 14.5. The second-order valence-corrected chi connectivity index (χ2v) is 11.2. The average molecular weight is 582 g/mol. The number of anilines is 1. The van der Waals surface area contributed by atoms with Crippen LogP contribution in [0.3, 0.4) is 0 Å². The molecule has 1 amide bonds. The molecule has 2 aromatic carbocycles. The number of hydrogen-bond donors (Lipinski definition) is 3. The van der Waals surface area contributed by atoms with Gasteiger partial charge >= 0.3 is 0 Å². The van der Waals surface area contributed by atoms with E-state index in [1.54, 1.807) is 22.7 Å². The average Bonchev–Trinajstić information content (AvgIpc) is 3.54. The Balaban J connectivity index is 1.28. The Morgan fingerprint density at radius 1 is 1.12 bits per heavy atom. The Labute approximate surface area is 241 Å². The van der Waals surface area contributed by atoms with E-state index >= 15 is 0 Å². The van der Waals surface area contributed by atoms with Crippen molar-refractivity contribution in [2.45, 2.75) is 35.8 Å². The molecule has 0 bridgehead atoms. The van der Waals surface area contributed by atoms with Gasteiger partial charge in [-0.05, 0) is 11.1 Å². The number of aromatic nitrogens is 4. The molecule has 0 aliphatic carbocycles. The SMILES string of the molecule is CN(C)c1ncnc2c1ncn2[C@@H]1O[C@H](CCl)[C@@H](NC(=O)[C@@H](N)CSC(c2ccccc2)c2ccccc2)[C@H]1O. The second-order valence-electron chi connectivity index (χ2n) is 9.80. The molecule has 4 aromatic rings. The molecule has 0 spiro atoms. The molecule has 12 heteroatoms. The van der Waals surface area contributed by atoms with Gasteiger partial charge < -0.3 is 25.8 Å². The minimum atomic E-state index is -1.11. The molecule has 40 heavy (non-hydrogen) atoms. The van der Waals surface area contributed by atoms with Crippen molar-refractivity contribution < 1.29 is 14.6 Å². The molecular formula is C28H32ClN7O3S. The quantitative estimate of drug-likeness (QED) is 0.242. The number of halogens is 1. The van der Waals surface area contributed by atoms with Crippen LogP contribution in [-0.2, 0) is 9.53 Å². The Morgan fingerprint density at radius 2 is 1.77 bits per heavy atom. The summed E-state index contributed by atoms with van der Waals surface area (Å²) in [5.74, 6) is 0.693. The number of thioether (sulfide) groups is 1. The highest BCUT2D eigenvalue weighted by molar-refractivity contribution is 7.99. The van der Waals surface area contributed by atoms with E-state index in [2.05, 4.69) is 44.5 Å². The summed E-state index contributed by atoms with van der Waals surface area (Å²) in [6.07, 6.45) is 0.383. The van der Waals surface area contributed by atoms with Crippen molar-refractivity contribution in [3.63, 3.8) is 0 Å². The number of amides is 1. The molecule has 210 valence electrons.